The van der Waals surface area contributed by atoms with Gasteiger partial charge in [0.15, 0.2) is 5.60 Å². The number of hydrogen-bond acceptors (Lipinski definition) is 3. The maximum atomic E-state index is 12.5. The molecule has 1 aliphatic rings. The van der Waals surface area contributed by atoms with Crippen LogP contribution < -0.4 is 0 Å². The van der Waals surface area contributed by atoms with Crippen molar-refractivity contribution in [3.05, 3.63) is 83.9 Å². The lowest BCUT2D eigenvalue weighted by atomic mass is 9.78. The van der Waals surface area contributed by atoms with E-state index in [1.165, 1.54) is 12.7 Å². The third-order valence-electron chi connectivity index (χ3n) is 5.99. The summed E-state index contributed by atoms with van der Waals surface area (Å²) in [6, 6.07) is 20.3. The van der Waals surface area contributed by atoms with Crippen LogP contribution in [0.25, 0.3) is 0 Å². The maximum Gasteiger partial charge on any atom is 0.338 e. The van der Waals surface area contributed by atoms with E-state index in [2.05, 4.69) is 37.8 Å². The first-order valence-corrected chi connectivity index (χ1v) is 9.54. The highest BCUT2D eigenvalue weighted by Gasteiger charge is 2.57. The van der Waals surface area contributed by atoms with E-state index in [0.717, 1.165) is 24.0 Å². The Bertz CT molecular complexity index is 784. The van der Waals surface area contributed by atoms with Crippen molar-refractivity contribution in [1.29, 1.82) is 0 Å². The smallest absolute Gasteiger partial charge is 0.338 e. The van der Waals surface area contributed by atoms with E-state index in [4.69, 9.17) is 4.74 Å². The molecular formula is C24H28O3. The van der Waals surface area contributed by atoms with Crippen LogP contribution in [0.4, 0.5) is 0 Å². The highest BCUT2D eigenvalue weighted by atomic mass is 16.5. The van der Waals surface area contributed by atoms with Crippen LogP contribution in [0.15, 0.2) is 72.8 Å². The Balaban J connectivity index is 1.85. The molecule has 3 nitrogen and oxygen atoms in total. The summed E-state index contributed by atoms with van der Waals surface area (Å²) in [5.74, 6) is -0.689. The van der Waals surface area contributed by atoms with E-state index in [0.29, 0.717) is 6.42 Å². The number of benzene rings is 2. The average molecular weight is 364 g/mol. The molecule has 1 N–H and O–H groups in total. The van der Waals surface area contributed by atoms with Crippen molar-refractivity contribution in [2.24, 2.45) is 11.8 Å². The predicted molar refractivity (Wildman–Crippen MR) is 107 cm³/mol. The Morgan fingerprint density at radius 3 is 2.33 bits per heavy atom. The molecule has 0 bridgehead atoms. The van der Waals surface area contributed by atoms with E-state index in [-0.39, 0.29) is 17.8 Å². The van der Waals surface area contributed by atoms with Crippen LogP contribution in [0, 0.1) is 11.8 Å². The van der Waals surface area contributed by atoms with E-state index >= 15 is 0 Å². The SMILES string of the molecule is C=C(CCc1ccccc1)[C@H]1[C@H](C)[C@@H](c2ccccc2)C[C@]1(O)C(=O)OC. The standard InChI is InChI=1S/C24H28O3/c1-17(14-15-19-10-6-4-7-11-19)22-18(2)21(20-12-8-5-9-13-20)16-24(22,26)23(25)27-3/h4-13,18,21-22,26H,1,14-16H2,2-3H3/t18-,21+,22+,24-/m1/s1. The van der Waals surface area contributed by atoms with Gasteiger partial charge in [-0.2, -0.15) is 0 Å². The quantitative estimate of drug-likeness (QED) is 0.605. The van der Waals surface area contributed by atoms with Gasteiger partial charge in [0, 0.05) is 5.92 Å². The second-order valence-electron chi connectivity index (χ2n) is 7.62. The van der Waals surface area contributed by atoms with Crippen LogP contribution >= 0.6 is 0 Å². The van der Waals surface area contributed by atoms with E-state index < -0.39 is 11.6 Å². The monoisotopic (exact) mass is 364 g/mol. The lowest BCUT2D eigenvalue weighted by Gasteiger charge is -2.31. The maximum absolute atomic E-state index is 12.5. The van der Waals surface area contributed by atoms with Gasteiger partial charge in [0.05, 0.1) is 7.11 Å². The summed E-state index contributed by atoms with van der Waals surface area (Å²) in [6.07, 6.45) is 1.94. The normalized spacial score (nSPS) is 27.3. The minimum absolute atomic E-state index is 0.0915. The minimum atomic E-state index is -1.53. The zero-order valence-corrected chi connectivity index (χ0v) is 16.1. The van der Waals surface area contributed by atoms with Gasteiger partial charge in [-0.3, -0.25) is 0 Å². The van der Waals surface area contributed by atoms with Crippen molar-refractivity contribution >= 4 is 5.97 Å². The van der Waals surface area contributed by atoms with Crippen molar-refractivity contribution in [1.82, 2.24) is 0 Å². The van der Waals surface area contributed by atoms with E-state index in [9.17, 15) is 9.90 Å². The lowest BCUT2D eigenvalue weighted by molar-refractivity contribution is -0.165. The van der Waals surface area contributed by atoms with Crippen molar-refractivity contribution in [3.63, 3.8) is 0 Å². The first-order valence-electron chi connectivity index (χ1n) is 9.54. The van der Waals surface area contributed by atoms with E-state index in [1.54, 1.807) is 0 Å². The molecule has 4 atom stereocenters. The molecule has 1 aliphatic carbocycles. The molecule has 3 heteroatoms. The van der Waals surface area contributed by atoms with Crippen molar-refractivity contribution in [2.75, 3.05) is 7.11 Å². The van der Waals surface area contributed by atoms with Crippen LogP contribution in [-0.2, 0) is 16.0 Å². The minimum Gasteiger partial charge on any atom is -0.467 e. The van der Waals surface area contributed by atoms with Gasteiger partial charge in [0.2, 0.25) is 0 Å². The Morgan fingerprint density at radius 1 is 1.15 bits per heavy atom. The van der Waals surface area contributed by atoms with Crippen LogP contribution in [0.2, 0.25) is 0 Å². The predicted octanol–water partition coefficient (Wildman–Crippen LogP) is 4.52. The van der Waals surface area contributed by atoms with Crippen LogP contribution in [0.5, 0.6) is 0 Å². The zero-order valence-electron chi connectivity index (χ0n) is 16.1. The van der Waals surface area contributed by atoms with Gasteiger partial charge in [0.25, 0.3) is 0 Å². The largest absolute Gasteiger partial charge is 0.467 e. The van der Waals surface area contributed by atoms with Gasteiger partial charge in [-0.25, -0.2) is 4.79 Å². The summed E-state index contributed by atoms with van der Waals surface area (Å²) in [5.41, 5.74) is 1.76. The molecule has 1 saturated carbocycles. The van der Waals surface area contributed by atoms with E-state index in [1.807, 2.05) is 36.4 Å². The summed E-state index contributed by atoms with van der Waals surface area (Å²) in [7, 11) is 1.34. The molecule has 0 radical (unpaired) electrons. The Kier molecular flexibility index (Phi) is 5.81. The van der Waals surface area contributed by atoms with Crippen LogP contribution in [0.1, 0.15) is 36.8 Å². The second kappa shape index (κ2) is 8.10. The summed E-state index contributed by atoms with van der Waals surface area (Å²) in [6.45, 7) is 6.38. The van der Waals surface area contributed by atoms with Crippen molar-refractivity contribution in [3.8, 4) is 0 Å². The molecule has 0 amide bonds. The first kappa shape index (κ1) is 19.4. The molecule has 2 aromatic rings. The second-order valence-corrected chi connectivity index (χ2v) is 7.62. The Labute approximate surface area is 161 Å². The number of aliphatic hydroxyl groups is 1. The number of rotatable bonds is 6. The molecule has 2 aromatic carbocycles. The van der Waals surface area contributed by atoms with Gasteiger partial charge in [-0.05, 0) is 42.2 Å². The van der Waals surface area contributed by atoms with Gasteiger partial charge >= 0.3 is 5.97 Å². The number of carbonyl (C=O) groups is 1. The molecule has 1 fully saturated rings. The molecule has 0 aliphatic heterocycles. The van der Waals surface area contributed by atoms with Gasteiger partial charge in [0.1, 0.15) is 0 Å². The third-order valence-corrected chi connectivity index (χ3v) is 5.99. The van der Waals surface area contributed by atoms with Crippen LogP contribution in [-0.4, -0.2) is 23.8 Å². The Morgan fingerprint density at radius 2 is 1.74 bits per heavy atom. The molecule has 0 saturated heterocycles. The summed E-state index contributed by atoms with van der Waals surface area (Å²) < 4.78 is 4.98. The third kappa shape index (κ3) is 3.84. The number of aryl methyl sites for hydroxylation is 1. The fourth-order valence-corrected chi connectivity index (χ4v) is 4.64. The molecule has 3 rings (SSSR count). The molecular weight excluding hydrogens is 336 g/mol. The molecule has 0 spiro atoms. The average Bonchev–Trinajstić information content (AvgIpc) is 2.98. The van der Waals surface area contributed by atoms with Gasteiger partial charge in [-0.1, -0.05) is 79.7 Å². The topological polar surface area (TPSA) is 46.5 Å². The van der Waals surface area contributed by atoms with Gasteiger partial charge < -0.3 is 9.84 Å². The summed E-state index contributed by atoms with van der Waals surface area (Å²) >= 11 is 0. The van der Waals surface area contributed by atoms with Crippen LogP contribution in [0.3, 0.4) is 0 Å². The molecule has 142 valence electrons. The van der Waals surface area contributed by atoms with Crippen molar-refractivity contribution in [2.45, 2.75) is 37.7 Å². The number of ether oxygens (including phenoxy) is 1. The number of methoxy groups -OCH3 is 1. The molecule has 27 heavy (non-hydrogen) atoms. The highest BCUT2D eigenvalue weighted by Crippen LogP contribution is 2.53. The fraction of sp³-hybridized carbons (Fsp3) is 0.375. The number of hydrogen-bond donors (Lipinski definition) is 1. The molecule has 0 heterocycles. The van der Waals surface area contributed by atoms with Crippen molar-refractivity contribution < 1.29 is 14.6 Å². The summed E-state index contributed by atoms with van der Waals surface area (Å²) in [5, 5.41) is 11.4. The lowest BCUT2D eigenvalue weighted by Crippen LogP contribution is -2.45. The fourth-order valence-electron chi connectivity index (χ4n) is 4.64. The summed E-state index contributed by atoms with van der Waals surface area (Å²) in [4.78, 5) is 12.5. The molecule has 0 unspecified atom stereocenters. The molecule has 0 aromatic heterocycles. The zero-order chi connectivity index (χ0) is 19.4. The number of esters is 1. The van der Waals surface area contributed by atoms with Gasteiger partial charge in [-0.15, -0.1) is 0 Å². The number of carbonyl (C=O) groups excluding carboxylic acids is 1. The Hall–Kier alpha value is -2.39. The first-order chi connectivity index (χ1) is 13.0. The highest BCUT2D eigenvalue weighted by molar-refractivity contribution is 5.81.